The highest BCUT2D eigenvalue weighted by Gasteiger charge is 2.25. The minimum Gasteiger partial charge on any atom is -0.339 e. The van der Waals surface area contributed by atoms with Gasteiger partial charge in [0.1, 0.15) is 5.82 Å². The van der Waals surface area contributed by atoms with E-state index in [1.165, 1.54) is 6.07 Å². The summed E-state index contributed by atoms with van der Waals surface area (Å²) in [7, 11) is 0. The summed E-state index contributed by atoms with van der Waals surface area (Å²) in [6, 6.07) is 4.89. The fourth-order valence-corrected chi connectivity index (χ4v) is 2.96. The fraction of sp³-hybridized carbons (Fsp3) is 0.467. The molecule has 1 aromatic carbocycles. The molecular weight excluding hydrogens is 293 g/mol. The molecule has 1 fully saturated rings. The van der Waals surface area contributed by atoms with Gasteiger partial charge in [-0.2, -0.15) is 4.98 Å². The smallest absolute Gasteiger partial charge is 0.229 e. The lowest BCUT2D eigenvalue weighted by molar-refractivity contribution is 0.300. The third kappa shape index (κ3) is 3.24. The molecule has 2 N–H and O–H groups in total. The standard InChI is InChI=1S/C15H17ClFN3O/c16-12-2-1-3-13(17)11(12)8-14-19-15(21-20-14)9-4-6-10(18)7-5-9/h1-3,9-10H,4-8,18H2. The van der Waals surface area contributed by atoms with Crippen molar-refractivity contribution in [3.05, 3.63) is 46.3 Å². The molecule has 2 aromatic rings. The molecule has 1 aromatic heterocycles. The molecular formula is C15H17ClFN3O. The van der Waals surface area contributed by atoms with Gasteiger partial charge >= 0.3 is 0 Å². The van der Waals surface area contributed by atoms with E-state index in [2.05, 4.69) is 10.1 Å². The maximum absolute atomic E-state index is 13.8. The highest BCUT2D eigenvalue weighted by atomic mass is 35.5. The first-order valence-electron chi connectivity index (χ1n) is 7.14. The first-order valence-corrected chi connectivity index (χ1v) is 7.52. The van der Waals surface area contributed by atoms with Crippen LogP contribution in [0, 0.1) is 5.82 Å². The zero-order valence-electron chi connectivity index (χ0n) is 11.6. The van der Waals surface area contributed by atoms with E-state index in [0.29, 0.717) is 22.3 Å². The van der Waals surface area contributed by atoms with Crippen LogP contribution in [0.1, 0.15) is 48.9 Å². The Morgan fingerprint density at radius 2 is 2.05 bits per heavy atom. The Kier molecular flexibility index (Phi) is 4.22. The molecule has 21 heavy (non-hydrogen) atoms. The van der Waals surface area contributed by atoms with Gasteiger partial charge in [0.15, 0.2) is 5.82 Å². The molecule has 0 unspecified atom stereocenters. The Morgan fingerprint density at radius 3 is 2.76 bits per heavy atom. The van der Waals surface area contributed by atoms with Crippen molar-refractivity contribution in [2.24, 2.45) is 5.73 Å². The monoisotopic (exact) mass is 309 g/mol. The summed E-state index contributed by atoms with van der Waals surface area (Å²) in [5.74, 6) is 1.01. The van der Waals surface area contributed by atoms with Crippen LogP contribution in [0.25, 0.3) is 0 Å². The Bertz CT molecular complexity index is 603. The van der Waals surface area contributed by atoms with Crippen LogP contribution < -0.4 is 5.73 Å². The lowest BCUT2D eigenvalue weighted by atomic mass is 9.86. The molecule has 1 aliphatic carbocycles. The van der Waals surface area contributed by atoms with Crippen molar-refractivity contribution < 1.29 is 8.91 Å². The van der Waals surface area contributed by atoms with E-state index in [1.54, 1.807) is 12.1 Å². The lowest BCUT2D eigenvalue weighted by Gasteiger charge is -2.22. The number of halogens is 2. The van der Waals surface area contributed by atoms with Gasteiger partial charge in [0, 0.05) is 29.0 Å². The van der Waals surface area contributed by atoms with E-state index >= 15 is 0 Å². The first kappa shape index (κ1) is 14.5. The van der Waals surface area contributed by atoms with Crippen molar-refractivity contribution >= 4 is 11.6 Å². The Labute approximate surface area is 127 Å². The number of hydrogen-bond donors (Lipinski definition) is 1. The maximum atomic E-state index is 13.8. The van der Waals surface area contributed by atoms with E-state index in [-0.39, 0.29) is 24.2 Å². The molecule has 1 saturated carbocycles. The quantitative estimate of drug-likeness (QED) is 0.943. The summed E-state index contributed by atoms with van der Waals surface area (Å²) in [5, 5.41) is 4.32. The van der Waals surface area contributed by atoms with E-state index in [0.717, 1.165) is 25.7 Å². The third-order valence-corrected chi connectivity index (χ3v) is 4.36. The van der Waals surface area contributed by atoms with Crippen LogP contribution in [0.5, 0.6) is 0 Å². The van der Waals surface area contributed by atoms with Crippen molar-refractivity contribution in [3.63, 3.8) is 0 Å². The van der Waals surface area contributed by atoms with Gasteiger partial charge in [0.05, 0.1) is 0 Å². The molecule has 0 radical (unpaired) electrons. The van der Waals surface area contributed by atoms with Gasteiger partial charge in [0.25, 0.3) is 0 Å². The second kappa shape index (κ2) is 6.12. The number of nitrogens with zero attached hydrogens (tertiary/aromatic N) is 2. The van der Waals surface area contributed by atoms with Crippen LogP contribution >= 0.6 is 11.6 Å². The van der Waals surface area contributed by atoms with Gasteiger partial charge in [-0.15, -0.1) is 0 Å². The minimum absolute atomic E-state index is 0.237. The summed E-state index contributed by atoms with van der Waals surface area (Å²) in [4.78, 5) is 4.39. The number of aromatic nitrogens is 2. The zero-order chi connectivity index (χ0) is 14.8. The normalized spacial score (nSPS) is 22.4. The number of rotatable bonds is 3. The van der Waals surface area contributed by atoms with Crippen molar-refractivity contribution in [2.75, 3.05) is 0 Å². The molecule has 0 amide bonds. The second-order valence-corrected chi connectivity index (χ2v) is 5.94. The minimum atomic E-state index is -0.350. The Balaban J connectivity index is 1.73. The molecule has 0 spiro atoms. The van der Waals surface area contributed by atoms with Crippen LogP contribution in [0.2, 0.25) is 5.02 Å². The summed E-state index contributed by atoms with van der Waals surface area (Å²) < 4.78 is 19.1. The van der Waals surface area contributed by atoms with Gasteiger partial charge in [0.2, 0.25) is 5.89 Å². The van der Waals surface area contributed by atoms with E-state index < -0.39 is 0 Å². The zero-order valence-corrected chi connectivity index (χ0v) is 12.3. The summed E-state index contributed by atoms with van der Waals surface area (Å²) in [6.07, 6.45) is 4.11. The second-order valence-electron chi connectivity index (χ2n) is 5.54. The first-order chi connectivity index (χ1) is 10.1. The average molecular weight is 310 g/mol. The van der Waals surface area contributed by atoms with E-state index in [4.69, 9.17) is 21.9 Å². The van der Waals surface area contributed by atoms with Crippen molar-refractivity contribution in [1.82, 2.24) is 10.1 Å². The molecule has 4 nitrogen and oxygen atoms in total. The molecule has 112 valence electrons. The van der Waals surface area contributed by atoms with Crippen molar-refractivity contribution in [3.8, 4) is 0 Å². The van der Waals surface area contributed by atoms with E-state index in [1.807, 2.05) is 0 Å². The highest BCUT2D eigenvalue weighted by Crippen LogP contribution is 2.31. The fourth-order valence-electron chi connectivity index (χ4n) is 2.73. The number of hydrogen-bond acceptors (Lipinski definition) is 4. The number of benzene rings is 1. The summed E-state index contributed by atoms with van der Waals surface area (Å²) in [6.45, 7) is 0. The van der Waals surface area contributed by atoms with Gasteiger partial charge in [-0.05, 0) is 37.8 Å². The van der Waals surface area contributed by atoms with Gasteiger partial charge < -0.3 is 10.3 Å². The van der Waals surface area contributed by atoms with Crippen molar-refractivity contribution in [1.29, 1.82) is 0 Å². The van der Waals surface area contributed by atoms with Crippen LogP contribution in [0.15, 0.2) is 22.7 Å². The SMILES string of the molecule is NC1CCC(c2nc(Cc3c(F)cccc3Cl)no2)CC1. The van der Waals surface area contributed by atoms with Crippen LogP contribution in [-0.4, -0.2) is 16.2 Å². The Hall–Kier alpha value is -1.46. The summed E-state index contributed by atoms with van der Waals surface area (Å²) in [5.41, 5.74) is 6.29. The summed E-state index contributed by atoms with van der Waals surface area (Å²) >= 11 is 6.01. The van der Waals surface area contributed by atoms with Crippen LogP contribution in [0.3, 0.4) is 0 Å². The predicted molar refractivity (Wildman–Crippen MR) is 77.7 cm³/mol. The van der Waals surface area contributed by atoms with Crippen LogP contribution in [-0.2, 0) is 6.42 Å². The predicted octanol–water partition coefficient (Wildman–Crippen LogP) is 3.44. The van der Waals surface area contributed by atoms with Gasteiger partial charge in [-0.3, -0.25) is 0 Å². The van der Waals surface area contributed by atoms with Crippen molar-refractivity contribution in [2.45, 2.75) is 44.1 Å². The molecule has 0 saturated heterocycles. The highest BCUT2D eigenvalue weighted by molar-refractivity contribution is 6.31. The van der Waals surface area contributed by atoms with Crippen LogP contribution in [0.4, 0.5) is 4.39 Å². The van der Waals surface area contributed by atoms with E-state index in [9.17, 15) is 4.39 Å². The molecule has 0 aliphatic heterocycles. The lowest BCUT2D eigenvalue weighted by Crippen LogP contribution is -2.25. The Morgan fingerprint density at radius 1 is 1.29 bits per heavy atom. The molecule has 1 heterocycles. The van der Waals surface area contributed by atoms with Gasteiger partial charge in [-0.1, -0.05) is 22.8 Å². The number of nitrogens with two attached hydrogens (primary N) is 1. The molecule has 1 aliphatic rings. The largest absolute Gasteiger partial charge is 0.339 e. The average Bonchev–Trinajstić information content (AvgIpc) is 2.92. The topological polar surface area (TPSA) is 64.9 Å². The molecule has 3 rings (SSSR count). The molecule has 0 atom stereocenters. The van der Waals surface area contributed by atoms with Gasteiger partial charge in [-0.25, -0.2) is 4.39 Å². The molecule has 0 bridgehead atoms. The third-order valence-electron chi connectivity index (χ3n) is 4.00. The maximum Gasteiger partial charge on any atom is 0.229 e. The molecule has 6 heteroatoms.